The summed E-state index contributed by atoms with van der Waals surface area (Å²) in [6, 6.07) is 5.67. The van der Waals surface area contributed by atoms with Gasteiger partial charge in [0.15, 0.2) is 0 Å². The van der Waals surface area contributed by atoms with Crippen LogP contribution in [0.25, 0.3) is 0 Å². The van der Waals surface area contributed by atoms with E-state index in [4.69, 9.17) is 4.98 Å². The molecule has 2 rings (SSSR count). The van der Waals surface area contributed by atoms with Gasteiger partial charge in [-0.1, -0.05) is 33.3 Å². The fraction of sp³-hybridized carbons (Fsp3) is 0.611. The maximum absolute atomic E-state index is 4.88. The molecular weight excluding hydrogens is 258 g/mol. The van der Waals surface area contributed by atoms with Crippen molar-refractivity contribution in [2.45, 2.75) is 65.1 Å². The molecule has 3 nitrogen and oxygen atoms in total. The number of pyridine rings is 1. The van der Waals surface area contributed by atoms with Gasteiger partial charge in [-0.25, -0.2) is 4.98 Å². The van der Waals surface area contributed by atoms with Crippen LogP contribution in [0.15, 0.2) is 24.8 Å². The van der Waals surface area contributed by atoms with E-state index in [9.17, 15) is 0 Å². The number of aryl methyl sites for hydroxylation is 1. The van der Waals surface area contributed by atoms with Crippen molar-refractivity contribution in [1.29, 1.82) is 0 Å². The van der Waals surface area contributed by atoms with E-state index in [-0.39, 0.29) is 0 Å². The minimum Gasteiger partial charge on any atom is -0.350 e. The van der Waals surface area contributed by atoms with Crippen LogP contribution in [0.3, 0.4) is 0 Å². The van der Waals surface area contributed by atoms with E-state index in [0.717, 1.165) is 31.7 Å². The van der Waals surface area contributed by atoms with Crippen LogP contribution in [0, 0.1) is 0 Å². The second-order valence-corrected chi connectivity index (χ2v) is 6.28. The lowest BCUT2D eigenvalue weighted by atomic mass is 10.1. The Morgan fingerprint density at radius 3 is 2.76 bits per heavy atom. The Labute approximate surface area is 129 Å². The first-order chi connectivity index (χ1) is 10.1. The van der Waals surface area contributed by atoms with Crippen LogP contribution in [0.2, 0.25) is 0 Å². The lowest BCUT2D eigenvalue weighted by Crippen LogP contribution is -2.27. The van der Waals surface area contributed by atoms with Crippen LogP contribution < -0.4 is 10.2 Å². The predicted molar refractivity (Wildman–Crippen MR) is 90.8 cm³/mol. The number of hydrogen-bond acceptors (Lipinski definition) is 3. The fourth-order valence-corrected chi connectivity index (χ4v) is 2.54. The highest BCUT2D eigenvalue weighted by molar-refractivity contribution is 5.46. The number of hydrogen-bond donors (Lipinski definition) is 1. The van der Waals surface area contributed by atoms with Crippen LogP contribution >= 0.6 is 0 Å². The Balaban J connectivity index is 2.22. The van der Waals surface area contributed by atoms with E-state index in [1.165, 1.54) is 24.1 Å². The summed E-state index contributed by atoms with van der Waals surface area (Å²) in [5.41, 5.74) is 2.55. The molecule has 0 atom stereocenters. The van der Waals surface area contributed by atoms with Crippen molar-refractivity contribution in [2.24, 2.45) is 0 Å². The Bertz CT molecular complexity index is 464. The minimum atomic E-state index is 0.504. The zero-order chi connectivity index (χ0) is 15.2. The van der Waals surface area contributed by atoms with Crippen LogP contribution in [0.4, 0.5) is 5.82 Å². The summed E-state index contributed by atoms with van der Waals surface area (Å²) in [7, 11) is 0. The fourth-order valence-electron chi connectivity index (χ4n) is 2.54. The Hall–Kier alpha value is -1.35. The molecule has 1 heterocycles. The van der Waals surface area contributed by atoms with Crippen LogP contribution in [-0.2, 0) is 13.0 Å². The molecule has 0 spiro atoms. The molecule has 1 fully saturated rings. The van der Waals surface area contributed by atoms with E-state index in [0.29, 0.717) is 12.1 Å². The lowest BCUT2D eigenvalue weighted by molar-refractivity contribution is 0.587. The standard InChI is InChI=1S/C18H29N3/c1-5-7-16-11-15(13-19-14(3)4)12-18(20-16)21(10-6-2)17-8-9-17/h6,11-12,14,17,19H,2,5,7-10,13H2,1,3-4H3. The Kier molecular flexibility index (Phi) is 5.80. The molecule has 0 amide bonds. The molecular formula is C18H29N3. The largest absolute Gasteiger partial charge is 0.350 e. The van der Waals surface area contributed by atoms with Crippen molar-refractivity contribution in [3.05, 3.63) is 36.0 Å². The molecule has 1 aromatic rings. The summed E-state index contributed by atoms with van der Waals surface area (Å²) in [4.78, 5) is 7.29. The predicted octanol–water partition coefficient (Wildman–Crippen LogP) is 3.69. The van der Waals surface area contributed by atoms with Crippen LogP contribution in [0.1, 0.15) is 51.3 Å². The SMILES string of the molecule is C=CCN(c1cc(CNC(C)C)cc(CCC)n1)C1CC1. The highest BCUT2D eigenvalue weighted by Gasteiger charge is 2.29. The van der Waals surface area contributed by atoms with Gasteiger partial charge < -0.3 is 10.2 Å². The second-order valence-electron chi connectivity index (χ2n) is 6.28. The summed E-state index contributed by atoms with van der Waals surface area (Å²) < 4.78 is 0. The zero-order valence-corrected chi connectivity index (χ0v) is 13.7. The number of nitrogens with zero attached hydrogens (tertiary/aromatic N) is 2. The first-order valence-electron chi connectivity index (χ1n) is 8.24. The highest BCUT2D eigenvalue weighted by atomic mass is 15.2. The van der Waals surface area contributed by atoms with E-state index in [2.05, 4.69) is 49.7 Å². The number of anilines is 1. The van der Waals surface area contributed by atoms with Crippen molar-refractivity contribution >= 4 is 5.82 Å². The number of nitrogens with one attached hydrogen (secondary N) is 1. The molecule has 3 heteroatoms. The van der Waals surface area contributed by atoms with Gasteiger partial charge in [0.05, 0.1) is 0 Å². The molecule has 1 N–H and O–H groups in total. The zero-order valence-electron chi connectivity index (χ0n) is 13.7. The smallest absolute Gasteiger partial charge is 0.129 e. The van der Waals surface area contributed by atoms with Crippen molar-refractivity contribution in [1.82, 2.24) is 10.3 Å². The van der Waals surface area contributed by atoms with Gasteiger partial charge in [0.1, 0.15) is 5.82 Å². The normalized spacial score (nSPS) is 14.5. The van der Waals surface area contributed by atoms with E-state index in [1.807, 2.05) is 6.08 Å². The molecule has 1 aliphatic rings. The molecule has 0 unspecified atom stereocenters. The van der Waals surface area contributed by atoms with E-state index < -0.39 is 0 Å². The third-order valence-corrected chi connectivity index (χ3v) is 3.75. The molecule has 1 aliphatic carbocycles. The monoisotopic (exact) mass is 287 g/mol. The topological polar surface area (TPSA) is 28.2 Å². The summed E-state index contributed by atoms with van der Waals surface area (Å²) in [6.45, 7) is 12.3. The molecule has 0 saturated heterocycles. The molecule has 116 valence electrons. The van der Waals surface area contributed by atoms with Crippen molar-refractivity contribution in [3.63, 3.8) is 0 Å². The summed E-state index contributed by atoms with van der Waals surface area (Å²) in [6.07, 6.45) is 6.74. The van der Waals surface area contributed by atoms with E-state index in [1.54, 1.807) is 0 Å². The highest BCUT2D eigenvalue weighted by Crippen LogP contribution is 2.31. The molecule has 0 aliphatic heterocycles. The number of rotatable bonds is 9. The molecule has 21 heavy (non-hydrogen) atoms. The van der Waals surface area contributed by atoms with Crippen molar-refractivity contribution in [3.8, 4) is 0 Å². The molecule has 1 aromatic heterocycles. The van der Waals surface area contributed by atoms with E-state index >= 15 is 0 Å². The minimum absolute atomic E-state index is 0.504. The third kappa shape index (κ3) is 4.85. The average molecular weight is 287 g/mol. The van der Waals surface area contributed by atoms with Crippen LogP contribution in [0.5, 0.6) is 0 Å². The first-order valence-corrected chi connectivity index (χ1v) is 8.24. The molecule has 0 radical (unpaired) electrons. The van der Waals surface area contributed by atoms with Gasteiger partial charge in [0.2, 0.25) is 0 Å². The molecule has 1 saturated carbocycles. The molecule has 0 bridgehead atoms. The average Bonchev–Trinajstić information content (AvgIpc) is 3.27. The quantitative estimate of drug-likeness (QED) is 0.702. The lowest BCUT2D eigenvalue weighted by Gasteiger charge is -2.23. The maximum Gasteiger partial charge on any atom is 0.129 e. The summed E-state index contributed by atoms with van der Waals surface area (Å²) >= 11 is 0. The first kappa shape index (κ1) is 16.0. The van der Waals surface area contributed by atoms with Gasteiger partial charge in [-0.05, 0) is 37.0 Å². The van der Waals surface area contributed by atoms with Gasteiger partial charge in [-0.3, -0.25) is 0 Å². The van der Waals surface area contributed by atoms with Crippen molar-refractivity contribution < 1.29 is 0 Å². The Morgan fingerprint density at radius 1 is 1.43 bits per heavy atom. The molecule has 0 aromatic carbocycles. The van der Waals surface area contributed by atoms with Gasteiger partial charge in [0, 0.05) is 30.9 Å². The van der Waals surface area contributed by atoms with Crippen molar-refractivity contribution in [2.75, 3.05) is 11.4 Å². The maximum atomic E-state index is 4.88. The number of aromatic nitrogens is 1. The van der Waals surface area contributed by atoms with Crippen LogP contribution in [-0.4, -0.2) is 23.6 Å². The summed E-state index contributed by atoms with van der Waals surface area (Å²) in [5, 5.41) is 3.51. The van der Waals surface area contributed by atoms with Gasteiger partial charge in [-0.15, -0.1) is 6.58 Å². The van der Waals surface area contributed by atoms with Gasteiger partial charge in [0.25, 0.3) is 0 Å². The van der Waals surface area contributed by atoms with Gasteiger partial charge in [-0.2, -0.15) is 0 Å². The Morgan fingerprint density at radius 2 is 2.19 bits per heavy atom. The third-order valence-electron chi connectivity index (χ3n) is 3.75. The summed E-state index contributed by atoms with van der Waals surface area (Å²) in [5.74, 6) is 1.13. The second kappa shape index (κ2) is 7.60. The van der Waals surface area contributed by atoms with Gasteiger partial charge >= 0.3 is 0 Å².